The van der Waals surface area contributed by atoms with Crippen LogP contribution in [-0.4, -0.2) is 5.78 Å². The quantitative estimate of drug-likeness (QED) is 0.789. The molecule has 0 fully saturated rings. The van der Waals surface area contributed by atoms with Crippen molar-refractivity contribution in [3.05, 3.63) is 65.0 Å². The fraction of sp³-hybridized carbons (Fsp3) is 0.0667. The van der Waals surface area contributed by atoms with Crippen LogP contribution < -0.4 is 5.11 Å². The highest BCUT2D eigenvalue weighted by molar-refractivity contribution is 5.97. The lowest BCUT2D eigenvalue weighted by Crippen LogP contribution is -2.06. The van der Waals surface area contributed by atoms with Crippen LogP contribution in [-0.2, 0) is 6.42 Å². The van der Waals surface area contributed by atoms with Crippen LogP contribution in [0.5, 0.6) is 5.75 Å². The highest BCUT2D eigenvalue weighted by atomic mass is 19.1. The van der Waals surface area contributed by atoms with Gasteiger partial charge in [-0.15, -0.1) is 5.75 Å². The van der Waals surface area contributed by atoms with E-state index in [1.165, 1.54) is 36.4 Å². The monoisotopic (exact) mass is 254 g/mol. The molecule has 0 heterocycles. The van der Waals surface area contributed by atoms with Crippen molar-refractivity contribution in [2.24, 2.45) is 0 Å². The summed E-state index contributed by atoms with van der Waals surface area (Å²) in [5.41, 5.74) is 0.600. The van der Waals surface area contributed by atoms with Gasteiger partial charge >= 0.3 is 0 Å². The van der Waals surface area contributed by atoms with Gasteiger partial charge in [-0.2, -0.15) is 5.26 Å². The molecule has 4 heteroatoms. The summed E-state index contributed by atoms with van der Waals surface area (Å²) >= 11 is 0. The largest absolute Gasteiger partial charge is 0.872 e. The highest BCUT2D eigenvalue weighted by Gasteiger charge is 2.12. The van der Waals surface area contributed by atoms with Crippen molar-refractivity contribution < 1.29 is 14.3 Å². The summed E-state index contributed by atoms with van der Waals surface area (Å²) in [5.74, 6) is -1.08. The standard InChI is InChI=1S/C15H10FNO2/c16-14-3-1-2-11(13(14)9-17)8-15(19)10-4-6-12(18)7-5-10/h1-7,18H,8H2/p-1. The first-order valence-corrected chi connectivity index (χ1v) is 5.59. The molecule has 2 rings (SSSR count). The zero-order chi connectivity index (χ0) is 13.8. The number of halogens is 1. The molecule has 0 saturated carbocycles. The fourth-order valence-corrected chi connectivity index (χ4v) is 1.76. The van der Waals surface area contributed by atoms with E-state index in [0.29, 0.717) is 11.1 Å². The van der Waals surface area contributed by atoms with Gasteiger partial charge in [0.2, 0.25) is 0 Å². The molecule has 0 bridgehead atoms. The van der Waals surface area contributed by atoms with Gasteiger partial charge in [0.15, 0.2) is 5.78 Å². The minimum Gasteiger partial charge on any atom is -0.872 e. The van der Waals surface area contributed by atoms with Gasteiger partial charge in [-0.25, -0.2) is 4.39 Å². The average molecular weight is 254 g/mol. The number of hydrogen-bond donors (Lipinski definition) is 0. The molecule has 0 aliphatic heterocycles. The zero-order valence-corrected chi connectivity index (χ0v) is 9.89. The molecule has 0 spiro atoms. The van der Waals surface area contributed by atoms with E-state index in [9.17, 15) is 14.3 Å². The number of Topliss-reactive ketones (excluding diaryl/α,β-unsaturated/α-hetero) is 1. The first-order chi connectivity index (χ1) is 9.11. The number of carbonyl (C=O) groups is 1. The molecule has 2 aromatic carbocycles. The van der Waals surface area contributed by atoms with Gasteiger partial charge in [0.25, 0.3) is 0 Å². The first kappa shape index (κ1) is 12.8. The minimum atomic E-state index is -0.636. The van der Waals surface area contributed by atoms with E-state index in [0.717, 1.165) is 0 Å². The number of benzene rings is 2. The molecule has 0 saturated heterocycles. The van der Waals surface area contributed by atoms with E-state index in [2.05, 4.69) is 0 Å². The molecule has 0 aliphatic rings. The second-order valence-electron chi connectivity index (χ2n) is 4.01. The van der Waals surface area contributed by atoms with Crippen LogP contribution in [0.2, 0.25) is 0 Å². The van der Waals surface area contributed by atoms with E-state index in [1.807, 2.05) is 0 Å². The van der Waals surface area contributed by atoms with Crippen LogP contribution >= 0.6 is 0 Å². The van der Waals surface area contributed by atoms with E-state index in [1.54, 1.807) is 12.1 Å². The molecule has 2 aromatic rings. The van der Waals surface area contributed by atoms with E-state index in [-0.39, 0.29) is 23.5 Å². The van der Waals surface area contributed by atoms with Gasteiger partial charge in [0, 0.05) is 12.0 Å². The molecule has 0 N–H and O–H groups in total. The van der Waals surface area contributed by atoms with E-state index in [4.69, 9.17) is 5.26 Å². The molecular weight excluding hydrogens is 245 g/mol. The second kappa shape index (κ2) is 5.32. The lowest BCUT2D eigenvalue weighted by atomic mass is 9.99. The normalized spacial score (nSPS) is 9.89. The third-order valence-corrected chi connectivity index (χ3v) is 2.74. The van der Waals surface area contributed by atoms with Crippen molar-refractivity contribution in [1.29, 1.82) is 5.26 Å². The van der Waals surface area contributed by atoms with Gasteiger partial charge < -0.3 is 5.11 Å². The molecule has 0 amide bonds. The highest BCUT2D eigenvalue weighted by Crippen LogP contribution is 2.16. The fourth-order valence-electron chi connectivity index (χ4n) is 1.76. The summed E-state index contributed by atoms with van der Waals surface area (Å²) in [5, 5.41) is 19.8. The maximum atomic E-state index is 13.4. The Morgan fingerprint density at radius 1 is 1.21 bits per heavy atom. The number of nitrogens with zero attached hydrogens (tertiary/aromatic N) is 1. The number of carbonyl (C=O) groups excluding carboxylic acids is 1. The molecule has 19 heavy (non-hydrogen) atoms. The van der Waals surface area contributed by atoms with Gasteiger partial charge in [-0.1, -0.05) is 36.4 Å². The van der Waals surface area contributed by atoms with Gasteiger partial charge in [-0.05, 0) is 11.6 Å². The lowest BCUT2D eigenvalue weighted by Gasteiger charge is -2.07. The zero-order valence-electron chi connectivity index (χ0n) is 9.89. The van der Waals surface area contributed by atoms with E-state index >= 15 is 0 Å². The summed E-state index contributed by atoms with van der Waals surface area (Å²) in [6.07, 6.45) is -0.0706. The number of hydrogen-bond acceptors (Lipinski definition) is 3. The molecule has 3 nitrogen and oxygen atoms in total. The molecule has 94 valence electrons. The minimum absolute atomic E-state index is 0.0706. The molecule has 0 radical (unpaired) electrons. The van der Waals surface area contributed by atoms with Crippen molar-refractivity contribution in [3.63, 3.8) is 0 Å². The smallest absolute Gasteiger partial charge is 0.167 e. The van der Waals surface area contributed by atoms with Crippen LogP contribution in [0.4, 0.5) is 4.39 Å². The van der Waals surface area contributed by atoms with Gasteiger partial charge in [0.05, 0.1) is 5.56 Å². The maximum Gasteiger partial charge on any atom is 0.167 e. The van der Waals surface area contributed by atoms with Crippen LogP contribution in [0.1, 0.15) is 21.5 Å². The summed E-state index contributed by atoms with van der Waals surface area (Å²) in [4.78, 5) is 12.0. The lowest BCUT2D eigenvalue weighted by molar-refractivity contribution is -0.268. The Labute approximate surface area is 109 Å². The number of nitriles is 1. The van der Waals surface area contributed by atoms with Gasteiger partial charge in [0.1, 0.15) is 11.9 Å². The third kappa shape index (κ3) is 2.78. The first-order valence-electron chi connectivity index (χ1n) is 5.59. The predicted molar refractivity (Wildman–Crippen MR) is 65.0 cm³/mol. The molecule has 0 unspecified atom stereocenters. The Kier molecular flexibility index (Phi) is 3.58. The maximum absolute atomic E-state index is 13.4. The second-order valence-corrected chi connectivity index (χ2v) is 4.01. The molecule has 0 aromatic heterocycles. The summed E-state index contributed by atoms with van der Waals surface area (Å²) in [6, 6.07) is 11.4. The molecular formula is C15H9FNO2-. The van der Waals surface area contributed by atoms with Crippen LogP contribution in [0.3, 0.4) is 0 Å². The molecule has 0 aliphatic carbocycles. The average Bonchev–Trinajstić information content (AvgIpc) is 2.39. The van der Waals surface area contributed by atoms with Crippen LogP contribution in [0.25, 0.3) is 0 Å². The van der Waals surface area contributed by atoms with Gasteiger partial charge in [-0.3, -0.25) is 4.79 Å². The van der Waals surface area contributed by atoms with Crippen LogP contribution in [0, 0.1) is 17.1 Å². The molecule has 0 atom stereocenters. The summed E-state index contributed by atoms with van der Waals surface area (Å²) < 4.78 is 13.4. The Morgan fingerprint density at radius 3 is 2.53 bits per heavy atom. The van der Waals surface area contributed by atoms with Crippen molar-refractivity contribution >= 4 is 5.78 Å². The van der Waals surface area contributed by atoms with Crippen molar-refractivity contribution in [2.45, 2.75) is 6.42 Å². The SMILES string of the molecule is N#Cc1c(F)cccc1CC(=O)c1ccc([O-])cc1. The number of ketones is 1. The predicted octanol–water partition coefficient (Wildman–Crippen LogP) is 2.20. The Morgan fingerprint density at radius 2 is 1.89 bits per heavy atom. The Hall–Kier alpha value is -2.67. The van der Waals surface area contributed by atoms with Crippen molar-refractivity contribution in [1.82, 2.24) is 0 Å². The topological polar surface area (TPSA) is 63.9 Å². The number of rotatable bonds is 3. The van der Waals surface area contributed by atoms with E-state index < -0.39 is 5.82 Å². The Bertz CT molecular complexity index is 657. The summed E-state index contributed by atoms with van der Waals surface area (Å²) in [6.45, 7) is 0. The van der Waals surface area contributed by atoms with Crippen LogP contribution in [0.15, 0.2) is 42.5 Å². The third-order valence-electron chi connectivity index (χ3n) is 2.74. The Balaban J connectivity index is 2.27. The van der Waals surface area contributed by atoms with Crippen molar-refractivity contribution in [3.8, 4) is 11.8 Å². The van der Waals surface area contributed by atoms with Crippen molar-refractivity contribution in [2.75, 3.05) is 0 Å². The summed E-state index contributed by atoms with van der Waals surface area (Å²) in [7, 11) is 0.